The molecule has 1 heterocycles. The van der Waals surface area contributed by atoms with E-state index in [2.05, 4.69) is 39.3 Å². The van der Waals surface area contributed by atoms with E-state index >= 15 is 0 Å². The summed E-state index contributed by atoms with van der Waals surface area (Å²) in [6.07, 6.45) is 3.43. The summed E-state index contributed by atoms with van der Waals surface area (Å²) in [6.45, 7) is 9.80. The first-order valence-corrected chi connectivity index (χ1v) is 8.58. The third-order valence-electron chi connectivity index (χ3n) is 4.51. The molecule has 6 nitrogen and oxygen atoms in total. The molecule has 1 saturated heterocycles. The van der Waals surface area contributed by atoms with Gasteiger partial charge in [0.25, 0.3) is 0 Å². The highest BCUT2D eigenvalue weighted by molar-refractivity contribution is 5.80. The van der Waals surface area contributed by atoms with Crippen molar-refractivity contribution in [2.45, 2.75) is 39.2 Å². The van der Waals surface area contributed by atoms with E-state index in [1.807, 2.05) is 0 Å². The van der Waals surface area contributed by atoms with Gasteiger partial charge in [-0.3, -0.25) is 14.7 Å². The van der Waals surface area contributed by atoms with E-state index < -0.39 is 0 Å². The fourth-order valence-electron chi connectivity index (χ4n) is 2.91. The summed E-state index contributed by atoms with van der Waals surface area (Å²) in [7, 11) is 1.79. The maximum atomic E-state index is 12.2. The van der Waals surface area contributed by atoms with Gasteiger partial charge in [-0.05, 0) is 26.7 Å². The summed E-state index contributed by atoms with van der Waals surface area (Å²) in [5.74, 6) is 1.58. The molecule has 0 unspecified atom stereocenters. The standard InChI is InChI=1S/C16H31N5O/c1-13(2)19-16(17-3)18-7-8-20-9-11-21(12-10-20)15(22)14-5-4-6-14/h13-14H,4-12H2,1-3H3,(H2,17,18,19). The van der Waals surface area contributed by atoms with Gasteiger partial charge < -0.3 is 15.5 Å². The van der Waals surface area contributed by atoms with Crippen LogP contribution in [0.3, 0.4) is 0 Å². The molecule has 0 aromatic heterocycles. The van der Waals surface area contributed by atoms with Gasteiger partial charge in [-0.25, -0.2) is 0 Å². The van der Waals surface area contributed by atoms with Crippen molar-refractivity contribution in [1.82, 2.24) is 20.4 Å². The fraction of sp³-hybridized carbons (Fsp3) is 0.875. The molecule has 1 saturated carbocycles. The zero-order valence-electron chi connectivity index (χ0n) is 14.3. The predicted octanol–water partition coefficient (Wildman–Crippen LogP) is 0.504. The van der Waals surface area contributed by atoms with Crippen LogP contribution in [0.1, 0.15) is 33.1 Å². The highest BCUT2D eigenvalue weighted by Gasteiger charge is 2.30. The Morgan fingerprint density at radius 2 is 1.91 bits per heavy atom. The Balaban J connectivity index is 1.62. The van der Waals surface area contributed by atoms with Gasteiger partial charge in [-0.2, -0.15) is 0 Å². The van der Waals surface area contributed by atoms with Crippen molar-refractivity contribution in [2.24, 2.45) is 10.9 Å². The lowest BCUT2D eigenvalue weighted by Crippen LogP contribution is -2.52. The number of nitrogens with one attached hydrogen (secondary N) is 2. The number of carbonyl (C=O) groups is 1. The predicted molar refractivity (Wildman–Crippen MR) is 90.0 cm³/mol. The van der Waals surface area contributed by atoms with Gasteiger partial charge in [-0.1, -0.05) is 6.42 Å². The maximum Gasteiger partial charge on any atom is 0.225 e. The Kier molecular flexibility index (Phi) is 6.49. The average Bonchev–Trinajstić information content (AvgIpc) is 2.44. The van der Waals surface area contributed by atoms with Crippen molar-refractivity contribution in [1.29, 1.82) is 0 Å². The van der Waals surface area contributed by atoms with Gasteiger partial charge in [0.1, 0.15) is 0 Å². The summed E-state index contributed by atoms with van der Waals surface area (Å²) in [4.78, 5) is 20.9. The maximum absolute atomic E-state index is 12.2. The molecule has 2 rings (SSSR count). The highest BCUT2D eigenvalue weighted by atomic mass is 16.2. The lowest BCUT2D eigenvalue weighted by atomic mass is 9.84. The van der Waals surface area contributed by atoms with E-state index in [0.717, 1.165) is 58.1 Å². The van der Waals surface area contributed by atoms with Crippen molar-refractivity contribution in [3.05, 3.63) is 0 Å². The zero-order chi connectivity index (χ0) is 15.9. The second kappa shape index (κ2) is 8.36. The van der Waals surface area contributed by atoms with E-state index in [9.17, 15) is 4.79 Å². The number of hydrogen-bond donors (Lipinski definition) is 2. The Morgan fingerprint density at radius 3 is 2.41 bits per heavy atom. The van der Waals surface area contributed by atoms with Crippen LogP contribution < -0.4 is 10.6 Å². The molecule has 0 radical (unpaired) electrons. The molecular formula is C16H31N5O. The number of rotatable bonds is 5. The number of guanidine groups is 1. The molecule has 0 bridgehead atoms. The van der Waals surface area contributed by atoms with Crippen LogP contribution in [0.4, 0.5) is 0 Å². The van der Waals surface area contributed by atoms with Crippen molar-refractivity contribution >= 4 is 11.9 Å². The van der Waals surface area contributed by atoms with Crippen LogP contribution >= 0.6 is 0 Å². The number of aliphatic imine (C=N–C) groups is 1. The summed E-state index contributed by atoms with van der Waals surface area (Å²) >= 11 is 0. The molecule has 2 fully saturated rings. The summed E-state index contributed by atoms with van der Waals surface area (Å²) < 4.78 is 0. The molecule has 0 aromatic carbocycles. The number of nitrogens with zero attached hydrogens (tertiary/aromatic N) is 3. The Morgan fingerprint density at radius 1 is 1.23 bits per heavy atom. The van der Waals surface area contributed by atoms with E-state index in [0.29, 0.717) is 17.9 Å². The lowest BCUT2D eigenvalue weighted by molar-refractivity contribution is -0.139. The third kappa shape index (κ3) is 4.87. The monoisotopic (exact) mass is 309 g/mol. The van der Waals surface area contributed by atoms with Gasteiger partial charge in [0.15, 0.2) is 5.96 Å². The normalized spacial score (nSPS) is 20.9. The lowest BCUT2D eigenvalue weighted by Gasteiger charge is -2.38. The van der Waals surface area contributed by atoms with Gasteiger partial charge in [0.2, 0.25) is 5.91 Å². The van der Waals surface area contributed by atoms with Gasteiger partial charge in [-0.15, -0.1) is 0 Å². The summed E-state index contributed by atoms with van der Waals surface area (Å²) in [6, 6.07) is 0.382. The molecule has 0 aromatic rings. The van der Waals surface area contributed by atoms with E-state index in [4.69, 9.17) is 0 Å². The molecule has 6 heteroatoms. The molecule has 1 aliphatic carbocycles. The largest absolute Gasteiger partial charge is 0.355 e. The molecule has 1 amide bonds. The molecular weight excluding hydrogens is 278 g/mol. The molecule has 126 valence electrons. The molecule has 2 N–H and O–H groups in total. The second-order valence-electron chi connectivity index (χ2n) is 6.59. The first-order chi connectivity index (χ1) is 10.6. The molecule has 1 aliphatic heterocycles. The Hall–Kier alpha value is -1.30. The fourth-order valence-corrected chi connectivity index (χ4v) is 2.91. The third-order valence-corrected chi connectivity index (χ3v) is 4.51. The quantitative estimate of drug-likeness (QED) is 0.574. The van der Waals surface area contributed by atoms with Crippen LogP contribution in [-0.2, 0) is 4.79 Å². The number of hydrogen-bond acceptors (Lipinski definition) is 3. The summed E-state index contributed by atoms with van der Waals surface area (Å²) in [5.41, 5.74) is 0. The molecule has 2 aliphatic rings. The zero-order valence-corrected chi connectivity index (χ0v) is 14.3. The van der Waals surface area contributed by atoms with Crippen LogP contribution in [0.15, 0.2) is 4.99 Å². The number of amides is 1. The van der Waals surface area contributed by atoms with Gasteiger partial charge in [0.05, 0.1) is 0 Å². The van der Waals surface area contributed by atoms with Crippen LogP contribution in [0.25, 0.3) is 0 Å². The minimum absolute atomic E-state index is 0.332. The second-order valence-corrected chi connectivity index (χ2v) is 6.59. The minimum Gasteiger partial charge on any atom is -0.355 e. The highest BCUT2D eigenvalue weighted by Crippen LogP contribution is 2.28. The van der Waals surface area contributed by atoms with Crippen molar-refractivity contribution in [2.75, 3.05) is 46.3 Å². The SMILES string of the molecule is CN=C(NCCN1CCN(C(=O)C2CCC2)CC1)NC(C)C. The van der Waals surface area contributed by atoms with Crippen LogP contribution in [-0.4, -0.2) is 74.0 Å². The van der Waals surface area contributed by atoms with Gasteiger partial charge in [0, 0.05) is 58.3 Å². The van der Waals surface area contributed by atoms with Gasteiger partial charge >= 0.3 is 0 Å². The first kappa shape index (κ1) is 17.1. The van der Waals surface area contributed by atoms with Crippen LogP contribution in [0.5, 0.6) is 0 Å². The molecule has 0 atom stereocenters. The van der Waals surface area contributed by atoms with Crippen LogP contribution in [0.2, 0.25) is 0 Å². The van der Waals surface area contributed by atoms with Crippen molar-refractivity contribution in [3.8, 4) is 0 Å². The smallest absolute Gasteiger partial charge is 0.225 e. The Bertz CT molecular complexity index is 384. The van der Waals surface area contributed by atoms with Crippen LogP contribution in [0, 0.1) is 5.92 Å². The number of piperazine rings is 1. The topological polar surface area (TPSA) is 60.0 Å². The van der Waals surface area contributed by atoms with E-state index in [1.165, 1.54) is 6.42 Å². The van der Waals surface area contributed by atoms with Crippen molar-refractivity contribution in [3.63, 3.8) is 0 Å². The summed E-state index contributed by atoms with van der Waals surface area (Å²) in [5, 5.41) is 6.62. The average molecular weight is 309 g/mol. The van der Waals surface area contributed by atoms with E-state index in [-0.39, 0.29) is 0 Å². The number of carbonyl (C=O) groups excluding carboxylic acids is 1. The molecule has 0 spiro atoms. The first-order valence-electron chi connectivity index (χ1n) is 8.58. The minimum atomic E-state index is 0.332. The van der Waals surface area contributed by atoms with Crippen molar-refractivity contribution < 1.29 is 4.79 Å². The molecule has 22 heavy (non-hydrogen) atoms. The van der Waals surface area contributed by atoms with E-state index in [1.54, 1.807) is 7.05 Å². The Labute approximate surface area is 134 Å².